The van der Waals surface area contributed by atoms with Crippen molar-refractivity contribution in [3.8, 4) is 0 Å². The molecule has 0 unspecified atom stereocenters. The molecule has 2 saturated heterocycles. The summed E-state index contributed by atoms with van der Waals surface area (Å²) in [5, 5.41) is 9.03. The van der Waals surface area contributed by atoms with Crippen molar-refractivity contribution in [3.05, 3.63) is 12.2 Å². The average molecular weight is 153 g/mol. The summed E-state index contributed by atoms with van der Waals surface area (Å²) < 4.78 is 0. The highest BCUT2D eigenvalue weighted by atomic mass is 16.3. The standard InChI is InChI=1S/C9H15NO/c1-7-4-8-2-3-9(6-11)10(8)5-7/h8-9,11H,1-6H2/t8-,9-/m0/s1. The number of aliphatic hydroxyl groups excluding tert-OH is 1. The highest BCUT2D eigenvalue weighted by Gasteiger charge is 2.37. The summed E-state index contributed by atoms with van der Waals surface area (Å²) in [6.07, 6.45) is 3.59. The fourth-order valence-corrected chi connectivity index (χ4v) is 2.34. The number of hydrogen-bond acceptors (Lipinski definition) is 2. The molecular weight excluding hydrogens is 138 g/mol. The summed E-state index contributed by atoms with van der Waals surface area (Å²) >= 11 is 0. The Kier molecular flexibility index (Phi) is 1.74. The molecule has 62 valence electrons. The van der Waals surface area contributed by atoms with E-state index in [1.807, 2.05) is 0 Å². The second kappa shape index (κ2) is 2.61. The van der Waals surface area contributed by atoms with Gasteiger partial charge in [0.1, 0.15) is 0 Å². The molecular formula is C9H15NO. The molecule has 2 rings (SSSR count). The smallest absolute Gasteiger partial charge is 0.0587 e. The third kappa shape index (κ3) is 1.10. The summed E-state index contributed by atoms with van der Waals surface area (Å²) in [5.41, 5.74) is 1.34. The summed E-state index contributed by atoms with van der Waals surface area (Å²) in [6.45, 7) is 5.33. The van der Waals surface area contributed by atoms with Gasteiger partial charge < -0.3 is 5.11 Å². The average Bonchev–Trinajstić information content (AvgIpc) is 2.45. The molecule has 0 aromatic carbocycles. The molecule has 11 heavy (non-hydrogen) atoms. The van der Waals surface area contributed by atoms with Crippen LogP contribution < -0.4 is 0 Å². The van der Waals surface area contributed by atoms with E-state index in [1.54, 1.807) is 0 Å². The molecule has 0 aromatic rings. The van der Waals surface area contributed by atoms with Gasteiger partial charge >= 0.3 is 0 Å². The molecule has 2 aliphatic rings. The third-order valence-electron chi connectivity index (χ3n) is 2.91. The van der Waals surface area contributed by atoms with E-state index in [0.29, 0.717) is 18.7 Å². The van der Waals surface area contributed by atoms with Gasteiger partial charge in [0.25, 0.3) is 0 Å². The predicted octanol–water partition coefficient (Wildman–Crippen LogP) is 0.772. The molecule has 0 saturated carbocycles. The lowest BCUT2D eigenvalue weighted by Crippen LogP contribution is -2.33. The van der Waals surface area contributed by atoms with Crippen LogP contribution in [0.1, 0.15) is 19.3 Å². The number of fused-ring (bicyclic) bond motifs is 1. The summed E-state index contributed by atoms with van der Waals surface area (Å²) in [4.78, 5) is 2.41. The van der Waals surface area contributed by atoms with Gasteiger partial charge in [-0.2, -0.15) is 0 Å². The van der Waals surface area contributed by atoms with E-state index in [9.17, 15) is 0 Å². The maximum Gasteiger partial charge on any atom is 0.0587 e. The van der Waals surface area contributed by atoms with Gasteiger partial charge in [0.05, 0.1) is 6.61 Å². The molecule has 0 radical (unpaired) electrons. The largest absolute Gasteiger partial charge is 0.395 e. The zero-order valence-corrected chi connectivity index (χ0v) is 6.79. The Bertz CT molecular complexity index is 178. The first-order valence-corrected chi connectivity index (χ1v) is 4.34. The zero-order chi connectivity index (χ0) is 7.84. The van der Waals surface area contributed by atoms with E-state index in [0.717, 1.165) is 13.0 Å². The topological polar surface area (TPSA) is 23.5 Å². The number of hydrogen-bond donors (Lipinski definition) is 1. The minimum atomic E-state index is 0.323. The quantitative estimate of drug-likeness (QED) is 0.562. The molecule has 1 N–H and O–H groups in total. The molecule has 2 heterocycles. The van der Waals surface area contributed by atoms with Crippen molar-refractivity contribution in [3.63, 3.8) is 0 Å². The van der Waals surface area contributed by atoms with Crippen LogP contribution in [0, 0.1) is 0 Å². The van der Waals surface area contributed by atoms with Gasteiger partial charge in [-0.1, -0.05) is 12.2 Å². The van der Waals surface area contributed by atoms with Crippen LogP contribution in [0.4, 0.5) is 0 Å². The first-order valence-electron chi connectivity index (χ1n) is 4.34. The Hall–Kier alpha value is -0.340. The Morgan fingerprint density at radius 1 is 1.55 bits per heavy atom. The molecule has 0 bridgehead atoms. The molecule has 2 heteroatoms. The SMILES string of the molecule is C=C1C[C@@H]2CC[C@@H](CO)N2C1. The first-order chi connectivity index (χ1) is 5.31. The van der Waals surface area contributed by atoms with E-state index >= 15 is 0 Å². The minimum Gasteiger partial charge on any atom is -0.395 e. The normalized spacial score (nSPS) is 38.1. The second-order valence-corrected chi connectivity index (χ2v) is 3.69. The molecule has 2 aliphatic heterocycles. The Labute approximate surface area is 67.5 Å². The Morgan fingerprint density at radius 3 is 3.09 bits per heavy atom. The van der Waals surface area contributed by atoms with Crippen LogP contribution >= 0.6 is 0 Å². The van der Waals surface area contributed by atoms with Crippen molar-refractivity contribution >= 4 is 0 Å². The van der Waals surface area contributed by atoms with Crippen LogP contribution in [-0.2, 0) is 0 Å². The van der Waals surface area contributed by atoms with E-state index in [1.165, 1.54) is 18.4 Å². The van der Waals surface area contributed by atoms with Gasteiger partial charge in [0, 0.05) is 18.6 Å². The first kappa shape index (κ1) is 7.32. The monoisotopic (exact) mass is 153 g/mol. The fourth-order valence-electron chi connectivity index (χ4n) is 2.34. The second-order valence-electron chi connectivity index (χ2n) is 3.69. The molecule has 0 aromatic heterocycles. The van der Waals surface area contributed by atoms with Gasteiger partial charge in [-0.3, -0.25) is 4.90 Å². The molecule has 2 nitrogen and oxygen atoms in total. The maximum absolute atomic E-state index is 9.03. The molecule has 0 aliphatic carbocycles. The van der Waals surface area contributed by atoms with Gasteiger partial charge in [0.2, 0.25) is 0 Å². The zero-order valence-electron chi connectivity index (χ0n) is 6.79. The van der Waals surface area contributed by atoms with Crippen molar-refractivity contribution in [2.75, 3.05) is 13.2 Å². The molecule has 2 atom stereocenters. The van der Waals surface area contributed by atoms with E-state index in [4.69, 9.17) is 5.11 Å². The summed E-state index contributed by atoms with van der Waals surface area (Å²) in [7, 11) is 0. The van der Waals surface area contributed by atoms with E-state index in [2.05, 4.69) is 11.5 Å². The van der Waals surface area contributed by atoms with E-state index < -0.39 is 0 Å². The summed E-state index contributed by atoms with van der Waals surface area (Å²) in [5.74, 6) is 0. The van der Waals surface area contributed by atoms with Gasteiger partial charge in [-0.15, -0.1) is 0 Å². The van der Waals surface area contributed by atoms with E-state index in [-0.39, 0.29) is 0 Å². The van der Waals surface area contributed by atoms with Crippen LogP contribution in [0.2, 0.25) is 0 Å². The van der Waals surface area contributed by atoms with Gasteiger partial charge in [-0.25, -0.2) is 0 Å². The Balaban J connectivity index is 2.07. The number of aliphatic hydroxyl groups is 1. The van der Waals surface area contributed by atoms with Crippen molar-refractivity contribution < 1.29 is 5.11 Å². The van der Waals surface area contributed by atoms with Crippen molar-refractivity contribution in [2.24, 2.45) is 0 Å². The number of nitrogens with zero attached hydrogens (tertiary/aromatic N) is 1. The summed E-state index contributed by atoms with van der Waals surface area (Å²) in [6, 6.07) is 1.14. The van der Waals surface area contributed by atoms with Gasteiger partial charge in [0.15, 0.2) is 0 Å². The minimum absolute atomic E-state index is 0.323. The number of rotatable bonds is 1. The lowest BCUT2D eigenvalue weighted by atomic mass is 10.1. The van der Waals surface area contributed by atoms with Crippen LogP contribution in [0.3, 0.4) is 0 Å². The van der Waals surface area contributed by atoms with Crippen LogP contribution in [0.15, 0.2) is 12.2 Å². The third-order valence-corrected chi connectivity index (χ3v) is 2.91. The highest BCUT2D eigenvalue weighted by molar-refractivity contribution is 5.11. The van der Waals surface area contributed by atoms with Crippen molar-refractivity contribution in [2.45, 2.75) is 31.3 Å². The molecule has 0 amide bonds. The fraction of sp³-hybridized carbons (Fsp3) is 0.778. The molecule has 0 spiro atoms. The van der Waals surface area contributed by atoms with Crippen molar-refractivity contribution in [1.82, 2.24) is 4.90 Å². The highest BCUT2D eigenvalue weighted by Crippen LogP contribution is 2.33. The van der Waals surface area contributed by atoms with Crippen LogP contribution in [0.5, 0.6) is 0 Å². The van der Waals surface area contributed by atoms with Gasteiger partial charge in [-0.05, 0) is 19.3 Å². The van der Waals surface area contributed by atoms with Crippen LogP contribution in [-0.4, -0.2) is 35.2 Å². The van der Waals surface area contributed by atoms with Crippen molar-refractivity contribution in [1.29, 1.82) is 0 Å². The Morgan fingerprint density at radius 2 is 2.36 bits per heavy atom. The maximum atomic E-state index is 9.03. The molecule has 2 fully saturated rings. The van der Waals surface area contributed by atoms with Crippen LogP contribution in [0.25, 0.3) is 0 Å². The predicted molar refractivity (Wildman–Crippen MR) is 44.4 cm³/mol. The lowest BCUT2D eigenvalue weighted by molar-refractivity contribution is 0.157. The lowest BCUT2D eigenvalue weighted by Gasteiger charge is -2.20.